The van der Waals surface area contributed by atoms with Gasteiger partial charge in [-0.3, -0.25) is 0 Å². The van der Waals surface area contributed by atoms with Gasteiger partial charge >= 0.3 is 0 Å². The topological polar surface area (TPSA) is 23.4 Å². The second kappa shape index (κ2) is 6.81. The molecule has 32 heavy (non-hydrogen) atoms. The number of para-hydroxylation sites is 1. The van der Waals surface area contributed by atoms with Crippen LogP contribution >= 0.6 is 0 Å². The maximum absolute atomic E-state index is 6.37. The van der Waals surface area contributed by atoms with Crippen molar-refractivity contribution in [3.8, 4) is 0 Å². The maximum atomic E-state index is 6.37. The van der Waals surface area contributed by atoms with Crippen molar-refractivity contribution in [1.82, 2.24) is 4.57 Å². The minimum Gasteiger partial charge on any atom is -0.339 e. The van der Waals surface area contributed by atoms with Crippen LogP contribution in [-0.2, 0) is 9.47 Å². The summed E-state index contributed by atoms with van der Waals surface area (Å²) in [6, 6.07) is 21.9. The number of nitrogens with zero attached hydrogens (tertiary/aromatic N) is 1. The highest BCUT2D eigenvalue weighted by Crippen LogP contribution is 2.43. The molecule has 1 saturated heterocycles. The van der Waals surface area contributed by atoms with E-state index in [2.05, 4.69) is 105 Å². The molecule has 162 valence electrons. The summed E-state index contributed by atoms with van der Waals surface area (Å²) in [5, 5.41) is 5.14. The first-order valence-electron chi connectivity index (χ1n) is 11.5. The van der Waals surface area contributed by atoms with Gasteiger partial charge < -0.3 is 14.0 Å². The first-order valence-corrected chi connectivity index (χ1v) is 11.5. The molecule has 0 N–H and O–H groups in total. The summed E-state index contributed by atoms with van der Waals surface area (Å²) in [5.74, 6) is 0. The highest BCUT2D eigenvalue weighted by Gasteiger charge is 2.49. The Bertz CT molecular complexity index is 1420. The largest absolute Gasteiger partial charge is 0.339 e. The van der Waals surface area contributed by atoms with Crippen molar-refractivity contribution < 1.29 is 9.47 Å². The Balaban J connectivity index is 1.56. The van der Waals surface area contributed by atoms with Gasteiger partial charge in [-0.2, -0.15) is 0 Å². The second-order valence-corrected chi connectivity index (χ2v) is 10.0. The Morgan fingerprint density at radius 2 is 1.47 bits per heavy atom. The quantitative estimate of drug-likeness (QED) is 0.334. The fraction of sp³-hybridized carbons (Fsp3) is 0.310. The Morgan fingerprint density at radius 1 is 0.781 bits per heavy atom. The molecule has 0 spiro atoms. The number of rotatable bonds is 2. The third-order valence-corrected chi connectivity index (χ3v) is 7.49. The van der Waals surface area contributed by atoms with Crippen LogP contribution in [0.25, 0.3) is 38.3 Å². The molecule has 3 heteroatoms. The zero-order valence-corrected chi connectivity index (χ0v) is 19.2. The molecule has 4 aromatic rings. The molecule has 6 rings (SSSR count). The van der Waals surface area contributed by atoms with Crippen LogP contribution in [0.1, 0.15) is 40.5 Å². The molecular weight excluding hydrogens is 394 g/mol. The maximum Gasteiger partial charge on any atom is 0.185 e. The van der Waals surface area contributed by atoms with E-state index in [0.29, 0.717) is 0 Å². The van der Waals surface area contributed by atoms with Gasteiger partial charge in [-0.05, 0) is 58.1 Å². The highest BCUT2D eigenvalue weighted by atomic mass is 16.7. The van der Waals surface area contributed by atoms with E-state index in [1.54, 1.807) is 0 Å². The molecular formula is C29H29NO2. The predicted octanol–water partition coefficient (Wildman–Crippen LogP) is 7.44. The number of hydrogen-bond acceptors (Lipinski definition) is 2. The van der Waals surface area contributed by atoms with E-state index in [9.17, 15) is 0 Å². The summed E-state index contributed by atoms with van der Waals surface area (Å²) in [7, 11) is 0. The summed E-state index contributed by atoms with van der Waals surface area (Å²) in [6.07, 6.45) is 6.20. The molecule has 1 aromatic heterocycles. The van der Waals surface area contributed by atoms with Gasteiger partial charge in [0.1, 0.15) is 0 Å². The Hall–Kier alpha value is -2.88. The summed E-state index contributed by atoms with van der Waals surface area (Å²) >= 11 is 0. The van der Waals surface area contributed by atoms with Gasteiger partial charge in [0.15, 0.2) is 6.29 Å². The van der Waals surface area contributed by atoms with Gasteiger partial charge in [-0.1, -0.05) is 60.7 Å². The summed E-state index contributed by atoms with van der Waals surface area (Å²) in [4.78, 5) is 0. The van der Waals surface area contributed by atoms with Crippen LogP contribution in [0.3, 0.4) is 0 Å². The molecule has 2 aliphatic rings. The average molecular weight is 424 g/mol. The first kappa shape index (κ1) is 19.8. The SMILES string of the molecule is CC1(C)OC(C2=CCCC(n3c4ccccc4c4ccc5ccccc5c43)=C2)OC1(C)C. The lowest BCUT2D eigenvalue weighted by Crippen LogP contribution is -2.41. The standard InChI is InChI=1S/C29H29NO2/c1-28(2)29(3,4)32-27(31-28)20-11-9-12-21(18-20)30-25-15-8-7-14-23(25)24-17-16-19-10-5-6-13-22(19)26(24)30/h5-8,10-11,13-18,27H,9,12H2,1-4H3. The number of aromatic nitrogens is 1. The van der Waals surface area contributed by atoms with E-state index in [4.69, 9.17) is 9.47 Å². The van der Waals surface area contributed by atoms with Gasteiger partial charge in [0.2, 0.25) is 0 Å². The van der Waals surface area contributed by atoms with Crippen molar-refractivity contribution in [3.63, 3.8) is 0 Å². The predicted molar refractivity (Wildman–Crippen MR) is 133 cm³/mol. The second-order valence-electron chi connectivity index (χ2n) is 10.0. The van der Waals surface area contributed by atoms with E-state index in [0.717, 1.165) is 18.4 Å². The zero-order valence-electron chi connectivity index (χ0n) is 19.2. The lowest BCUT2D eigenvalue weighted by molar-refractivity contribution is -0.0568. The molecule has 0 unspecified atom stereocenters. The lowest BCUT2D eigenvalue weighted by atomic mass is 9.90. The molecule has 1 aliphatic carbocycles. The van der Waals surface area contributed by atoms with E-state index < -0.39 is 0 Å². The molecule has 2 heterocycles. The third-order valence-electron chi connectivity index (χ3n) is 7.49. The first-order chi connectivity index (χ1) is 15.4. The van der Waals surface area contributed by atoms with Crippen LogP contribution < -0.4 is 0 Å². The van der Waals surface area contributed by atoms with Crippen molar-refractivity contribution in [1.29, 1.82) is 0 Å². The molecule has 3 aromatic carbocycles. The molecule has 0 bridgehead atoms. The number of allylic oxidation sites excluding steroid dienone is 2. The fourth-order valence-corrected chi connectivity index (χ4v) is 5.06. The van der Waals surface area contributed by atoms with Crippen molar-refractivity contribution in [2.24, 2.45) is 0 Å². The molecule has 0 radical (unpaired) electrons. The van der Waals surface area contributed by atoms with Crippen molar-refractivity contribution in [3.05, 3.63) is 78.4 Å². The summed E-state index contributed by atoms with van der Waals surface area (Å²) in [5.41, 5.74) is 4.27. The monoisotopic (exact) mass is 423 g/mol. The third kappa shape index (κ3) is 2.81. The van der Waals surface area contributed by atoms with Gasteiger partial charge in [-0.25, -0.2) is 0 Å². The molecule has 0 atom stereocenters. The Morgan fingerprint density at radius 3 is 2.25 bits per heavy atom. The summed E-state index contributed by atoms with van der Waals surface area (Å²) in [6.45, 7) is 8.44. The number of fused-ring (bicyclic) bond motifs is 5. The van der Waals surface area contributed by atoms with Gasteiger partial charge in [0.25, 0.3) is 0 Å². The minimum atomic E-state index is -0.340. The van der Waals surface area contributed by atoms with Crippen molar-refractivity contribution >= 4 is 38.3 Å². The van der Waals surface area contributed by atoms with Gasteiger partial charge in [-0.15, -0.1) is 0 Å². The average Bonchev–Trinajstić information content (AvgIpc) is 3.24. The van der Waals surface area contributed by atoms with Crippen LogP contribution in [0.4, 0.5) is 0 Å². The minimum absolute atomic E-state index is 0.333. The normalized spacial score (nSPS) is 20.8. The zero-order chi connectivity index (χ0) is 22.1. The van der Waals surface area contributed by atoms with Gasteiger partial charge in [0.05, 0.1) is 22.2 Å². The summed E-state index contributed by atoms with van der Waals surface area (Å²) < 4.78 is 15.2. The van der Waals surface area contributed by atoms with Crippen LogP contribution in [0.15, 0.2) is 78.4 Å². The Kier molecular flexibility index (Phi) is 4.21. The molecule has 1 fully saturated rings. The van der Waals surface area contributed by atoms with Crippen LogP contribution in [0.5, 0.6) is 0 Å². The Labute approximate surface area is 188 Å². The van der Waals surface area contributed by atoms with Crippen LogP contribution in [0.2, 0.25) is 0 Å². The van der Waals surface area contributed by atoms with Gasteiger partial charge in [0, 0.05) is 27.4 Å². The van der Waals surface area contributed by atoms with Crippen LogP contribution in [0, 0.1) is 0 Å². The van der Waals surface area contributed by atoms with Crippen molar-refractivity contribution in [2.75, 3.05) is 0 Å². The lowest BCUT2D eigenvalue weighted by Gasteiger charge is -2.30. The van der Waals surface area contributed by atoms with E-state index >= 15 is 0 Å². The van der Waals surface area contributed by atoms with E-state index in [1.165, 1.54) is 38.3 Å². The fourth-order valence-electron chi connectivity index (χ4n) is 5.06. The van der Waals surface area contributed by atoms with E-state index in [-0.39, 0.29) is 17.5 Å². The smallest absolute Gasteiger partial charge is 0.185 e. The van der Waals surface area contributed by atoms with E-state index in [1.807, 2.05) is 0 Å². The van der Waals surface area contributed by atoms with Crippen LogP contribution in [-0.4, -0.2) is 22.1 Å². The molecule has 0 amide bonds. The van der Waals surface area contributed by atoms with Crippen molar-refractivity contribution in [2.45, 2.75) is 58.0 Å². The number of ether oxygens (including phenoxy) is 2. The highest BCUT2D eigenvalue weighted by molar-refractivity contribution is 6.19. The molecule has 1 aliphatic heterocycles. The molecule has 3 nitrogen and oxygen atoms in total. The number of benzene rings is 3. The molecule has 0 saturated carbocycles. The number of hydrogen-bond donors (Lipinski definition) is 0.